The monoisotopic (exact) mass is 424 g/mol. The Morgan fingerprint density at radius 1 is 1.17 bits per heavy atom. The molecule has 162 valence electrons. The summed E-state index contributed by atoms with van der Waals surface area (Å²) >= 11 is 0. The summed E-state index contributed by atoms with van der Waals surface area (Å²) in [6.07, 6.45) is -3.68. The van der Waals surface area contributed by atoms with Crippen molar-refractivity contribution < 1.29 is 27.6 Å². The van der Waals surface area contributed by atoms with Gasteiger partial charge in [0, 0.05) is 37.7 Å². The Kier molecular flexibility index (Phi) is 5.31. The predicted molar refractivity (Wildman–Crippen MR) is 99.9 cm³/mol. The van der Waals surface area contributed by atoms with Gasteiger partial charge in [0.25, 0.3) is 5.91 Å². The molecule has 0 aromatic heterocycles. The van der Waals surface area contributed by atoms with E-state index in [-0.39, 0.29) is 50.7 Å². The van der Waals surface area contributed by atoms with E-state index in [0.717, 1.165) is 0 Å². The summed E-state index contributed by atoms with van der Waals surface area (Å²) in [6, 6.07) is 2.13. The molecule has 10 heteroatoms. The molecule has 3 atom stereocenters. The lowest BCUT2D eigenvalue weighted by atomic mass is 9.95. The van der Waals surface area contributed by atoms with Crippen molar-refractivity contribution in [2.24, 2.45) is 5.73 Å². The van der Waals surface area contributed by atoms with Crippen molar-refractivity contribution in [1.29, 1.82) is 0 Å². The molecule has 3 N–H and O–H groups in total. The topological polar surface area (TPSA) is 95.7 Å². The first-order valence-electron chi connectivity index (χ1n) is 9.97. The largest absolute Gasteiger partial charge is 0.404 e. The van der Waals surface area contributed by atoms with Crippen molar-refractivity contribution in [3.63, 3.8) is 0 Å². The number of nitrogens with zero attached hydrogens (tertiary/aromatic N) is 2. The normalized spacial score (nSPS) is 27.9. The highest BCUT2D eigenvalue weighted by molar-refractivity contribution is 6.05. The van der Waals surface area contributed by atoms with Gasteiger partial charge in [-0.05, 0) is 36.5 Å². The van der Waals surface area contributed by atoms with E-state index in [0.29, 0.717) is 23.1 Å². The van der Waals surface area contributed by atoms with Gasteiger partial charge in [-0.1, -0.05) is 12.1 Å². The number of likely N-dealkylation sites (tertiary alicyclic amines) is 1. The Morgan fingerprint density at radius 2 is 1.93 bits per heavy atom. The van der Waals surface area contributed by atoms with Gasteiger partial charge in [-0.2, -0.15) is 13.2 Å². The third kappa shape index (κ3) is 3.81. The van der Waals surface area contributed by atoms with Gasteiger partial charge in [0.15, 0.2) is 0 Å². The van der Waals surface area contributed by atoms with Gasteiger partial charge in [-0.3, -0.25) is 24.6 Å². The standard InChI is InChI=1S/C20H23F3N4O3/c21-20(22,23)16-8-12(24)6-7-26(16)9-11-2-1-3-13-14(11)10-27(19(13)30)15-4-5-17(28)25-18(15)29/h1-3,12,15-16H,4-10,24H2,(H,25,28,29)/t12-,15?,16+/m1/s1. The van der Waals surface area contributed by atoms with E-state index in [2.05, 4.69) is 5.32 Å². The zero-order chi connectivity index (χ0) is 21.6. The molecule has 0 radical (unpaired) electrons. The first-order chi connectivity index (χ1) is 14.1. The minimum atomic E-state index is -4.38. The number of nitrogens with one attached hydrogen (secondary N) is 1. The number of carbonyl (C=O) groups excluding carboxylic acids is 3. The van der Waals surface area contributed by atoms with Crippen LogP contribution in [0.1, 0.15) is 47.2 Å². The number of imide groups is 1. The van der Waals surface area contributed by atoms with E-state index < -0.39 is 30.2 Å². The molecule has 1 unspecified atom stereocenters. The molecule has 0 saturated carbocycles. The van der Waals surface area contributed by atoms with Gasteiger partial charge in [0.05, 0.1) is 0 Å². The summed E-state index contributed by atoms with van der Waals surface area (Å²) in [5, 5.41) is 2.24. The molecule has 3 aliphatic rings. The number of amides is 3. The van der Waals surface area contributed by atoms with Crippen molar-refractivity contribution in [2.45, 2.75) is 63.1 Å². The highest BCUT2D eigenvalue weighted by Gasteiger charge is 2.46. The van der Waals surface area contributed by atoms with E-state index >= 15 is 0 Å². The van der Waals surface area contributed by atoms with Gasteiger partial charge in [0.1, 0.15) is 12.1 Å². The summed E-state index contributed by atoms with van der Waals surface area (Å²) < 4.78 is 40.7. The number of rotatable bonds is 3. The maximum atomic E-state index is 13.6. The summed E-state index contributed by atoms with van der Waals surface area (Å²) in [5.41, 5.74) is 7.45. The Balaban J connectivity index is 1.57. The number of piperidine rings is 2. The quantitative estimate of drug-likeness (QED) is 0.714. The van der Waals surface area contributed by atoms with Crippen molar-refractivity contribution in [3.05, 3.63) is 34.9 Å². The van der Waals surface area contributed by atoms with Gasteiger partial charge >= 0.3 is 6.18 Å². The van der Waals surface area contributed by atoms with Crippen LogP contribution in [0.3, 0.4) is 0 Å². The lowest BCUT2D eigenvalue weighted by Gasteiger charge is -2.39. The molecule has 3 aliphatic heterocycles. The fourth-order valence-corrected chi connectivity index (χ4v) is 4.59. The molecule has 2 fully saturated rings. The zero-order valence-corrected chi connectivity index (χ0v) is 16.2. The molecule has 0 aliphatic carbocycles. The Labute approximate surface area is 171 Å². The number of benzene rings is 1. The summed E-state index contributed by atoms with van der Waals surface area (Å²) in [4.78, 5) is 39.3. The van der Waals surface area contributed by atoms with Crippen LogP contribution in [-0.4, -0.2) is 58.4 Å². The molecule has 7 nitrogen and oxygen atoms in total. The molecule has 30 heavy (non-hydrogen) atoms. The van der Waals surface area contributed by atoms with Crippen LogP contribution >= 0.6 is 0 Å². The number of hydrogen-bond donors (Lipinski definition) is 2. The highest BCUT2D eigenvalue weighted by Crippen LogP contribution is 2.35. The van der Waals surface area contributed by atoms with E-state index in [4.69, 9.17) is 5.73 Å². The first-order valence-corrected chi connectivity index (χ1v) is 9.97. The summed E-state index contributed by atoms with van der Waals surface area (Å²) in [6.45, 7) is 0.414. The fourth-order valence-electron chi connectivity index (χ4n) is 4.59. The molecule has 1 aromatic carbocycles. The Bertz CT molecular complexity index is 889. The zero-order valence-electron chi connectivity index (χ0n) is 16.2. The van der Waals surface area contributed by atoms with E-state index in [9.17, 15) is 27.6 Å². The number of halogens is 3. The molecule has 1 aromatic rings. The minimum Gasteiger partial charge on any atom is -0.328 e. The SMILES string of the molecule is N[C@@H]1CCN(Cc2cccc3c2CN(C2CCC(=O)NC2=O)C3=O)[C@H](C(F)(F)F)C1. The van der Waals surface area contributed by atoms with Crippen LogP contribution < -0.4 is 11.1 Å². The number of fused-ring (bicyclic) bond motifs is 1. The predicted octanol–water partition coefficient (Wildman–Crippen LogP) is 1.30. The van der Waals surface area contributed by atoms with Crippen LogP contribution in [-0.2, 0) is 22.7 Å². The number of alkyl halides is 3. The van der Waals surface area contributed by atoms with Crippen LogP contribution in [0, 0.1) is 0 Å². The van der Waals surface area contributed by atoms with E-state index in [1.54, 1.807) is 18.2 Å². The number of hydrogen-bond acceptors (Lipinski definition) is 5. The van der Waals surface area contributed by atoms with Crippen molar-refractivity contribution in [3.8, 4) is 0 Å². The van der Waals surface area contributed by atoms with Gasteiger partial charge < -0.3 is 10.6 Å². The third-order valence-corrected chi connectivity index (χ3v) is 6.18. The number of carbonyl (C=O) groups is 3. The highest BCUT2D eigenvalue weighted by atomic mass is 19.4. The van der Waals surface area contributed by atoms with Gasteiger partial charge in [-0.25, -0.2) is 0 Å². The van der Waals surface area contributed by atoms with E-state index in [1.165, 1.54) is 9.80 Å². The second-order valence-corrected chi connectivity index (χ2v) is 8.16. The van der Waals surface area contributed by atoms with Gasteiger partial charge in [0.2, 0.25) is 11.8 Å². The van der Waals surface area contributed by atoms with E-state index in [1.807, 2.05) is 0 Å². The summed E-state index contributed by atoms with van der Waals surface area (Å²) in [7, 11) is 0. The Morgan fingerprint density at radius 3 is 2.63 bits per heavy atom. The van der Waals surface area contributed by atoms with Crippen molar-refractivity contribution >= 4 is 17.7 Å². The lowest BCUT2D eigenvalue weighted by molar-refractivity contribution is -0.194. The summed E-state index contributed by atoms with van der Waals surface area (Å²) in [5.74, 6) is -1.23. The smallest absolute Gasteiger partial charge is 0.328 e. The van der Waals surface area contributed by atoms with Crippen LogP contribution in [0.4, 0.5) is 13.2 Å². The average Bonchev–Trinajstić information content (AvgIpc) is 3.00. The maximum absolute atomic E-state index is 13.6. The Hall–Kier alpha value is -2.46. The average molecular weight is 424 g/mol. The van der Waals surface area contributed by atoms with Gasteiger partial charge in [-0.15, -0.1) is 0 Å². The lowest BCUT2D eigenvalue weighted by Crippen LogP contribution is -2.53. The van der Waals surface area contributed by atoms with Crippen molar-refractivity contribution in [2.75, 3.05) is 6.54 Å². The first kappa shape index (κ1) is 20.8. The molecule has 0 spiro atoms. The second kappa shape index (κ2) is 7.66. The molecular weight excluding hydrogens is 401 g/mol. The third-order valence-electron chi connectivity index (χ3n) is 6.18. The molecule has 2 saturated heterocycles. The number of nitrogens with two attached hydrogens (primary N) is 1. The molecule has 4 rings (SSSR count). The minimum absolute atomic E-state index is 0.0521. The second-order valence-electron chi connectivity index (χ2n) is 8.16. The van der Waals surface area contributed by atoms with Crippen LogP contribution in [0.25, 0.3) is 0 Å². The van der Waals surface area contributed by atoms with Crippen molar-refractivity contribution in [1.82, 2.24) is 15.1 Å². The molecule has 3 amide bonds. The maximum Gasteiger partial charge on any atom is 0.404 e. The van der Waals surface area contributed by atoms with Crippen LogP contribution in [0.15, 0.2) is 18.2 Å². The molecule has 0 bridgehead atoms. The fraction of sp³-hybridized carbons (Fsp3) is 0.550. The van der Waals surface area contributed by atoms with Crippen LogP contribution in [0.2, 0.25) is 0 Å². The molecule has 3 heterocycles. The van der Waals surface area contributed by atoms with Crippen LogP contribution in [0.5, 0.6) is 0 Å². The molecular formula is C20H23F3N4O3.